The van der Waals surface area contributed by atoms with Gasteiger partial charge in [0.1, 0.15) is 139 Å². The van der Waals surface area contributed by atoms with Gasteiger partial charge in [-0.05, 0) is 12.2 Å². The summed E-state index contributed by atoms with van der Waals surface area (Å²) in [6, 6.07) is 0. The van der Waals surface area contributed by atoms with Crippen molar-refractivity contribution >= 4 is 64.1 Å². The number of nitrogens with zero attached hydrogens (tertiary/aromatic N) is 11. The molecule has 53 nitrogen and oxygen atoms in total. The van der Waals surface area contributed by atoms with Crippen LogP contribution in [0.4, 0.5) is 0 Å². The Morgan fingerprint density at radius 2 is 0.683 bits per heavy atom. The molecule has 15 heterocycles. The lowest BCUT2D eigenvalue weighted by molar-refractivity contribution is -0.393. The number of hydrogen-bond acceptors (Lipinski definition) is 53. The van der Waals surface area contributed by atoms with Crippen molar-refractivity contribution in [1.29, 1.82) is 0 Å². The monoisotopic (exact) mass is 1800 g/mol. The van der Waals surface area contributed by atoms with Crippen LogP contribution in [0.25, 0.3) is 0 Å². The average Bonchev–Trinajstić information content (AvgIpc) is 1.64. The Balaban J connectivity index is 0.000000213. The highest BCUT2D eigenvalue weighted by Gasteiger charge is 2.61. The molecule has 15 rings (SSSR count). The van der Waals surface area contributed by atoms with Crippen LogP contribution >= 0.6 is 0 Å². The van der Waals surface area contributed by atoms with Gasteiger partial charge in [-0.15, -0.1) is 0 Å². The van der Waals surface area contributed by atoms with Crippen LogP contribution in [0.5, 0.6) is 0 Å². The third-order valence-corrected chi connectivity index (χ3v) is 20.6. The Morgan fingerprint density at radius 1 is 0.333 bits per heavy atom. The van der Waals surface area contributed by atoms with Gasteiger partial charge in [-0.2, -0.15) is 0 Å². The summed E-state index contributed by atoms with van der Waals surface area (Å²) in [5, 5.41) is 12.7. The maximum atomic E-state index is 12.7. The van der Waals surface area contributed by atoms with Gasteiger partial charge < -0.3 is 85.6 Å². The van der Waals surface area contributed by atoms with E-state index < -0.39 is 79.2 Å². The van der Waals surface area contributed by atoms with Gasteiger partial charge in [0.25, 0.3) is 0 Å². The van der Waals surface area contributed by atoms with E-state index >= 15 is 0 Å². The Morgan fingerprint density at radius 3 is 1.09 bits per heavy atom. The minimum atomic E-state index is -1.97. The van der Waals surface area contributed by atoms with Crippen molar-refractivity contribution in [3.05, 3.63) is 23.5 Å². The molecule has 15 aliphatic rings. The van der Waals surface area contributed by atoms with Gasteiger partial charge in [-0.3, -0.25) is 129 Å². The van der Waals surface area contributed by atoms with Crippen molar-refractivity contribution in [2.45, 2.75) is 163 Å². The highest BCUT2D eigenvalue weighted by Crippen LogP contribution is 2.41. The van der Waals surface area contributed by atoms with Crippen LogP contribution in [-0.4, -0.2) is 361 Å². The van der Waals surface area contributed by atoms with Gasteiger partial charge >= 0.3 is 0 Å². The van der Waals surface area contributed by atoms with Crippen molar-refractivity contribution < 1.29 is 144 Å². The molecule has 126 heavy (non-hydrogen) atoms. The normalized spacial score (nSPS) is 26.8. The summed E-state index contributed by atoms with van der Waals surface area (Å²) in [7, 11) is 0. The van der Waals surface area contributed by atoms with E-state index in [4.69, 9.17) is 139 Å². The highest BCUT2D eigenvalue weighted by atomic mass is 16.8. The molecule has 0 spiro atoms. The molecule has 0 aromatic carbocycles. The van der Waals surface area contributed by atoms with Crippen LogP contribution in [0.1, 0.15) is 83.5 Å². The van der Waals surface area contributed by atoms with E-state index in [0.717, 1.165) is 17.1 Å². The summed E-state index contributed by atoms with van der Waals surface area (Å²) >= 11 is 0. The van der Waals surface area contributed by atoms with Gasteiger partial charge in [0, 0.05) is 101 Å². The van der Waals surface area contributed by atoms with Crippen LogP contribution in [0, 0.1) is 0 Å². The smallest absolute Gasteiger partial charge is 0.224 e. The van der Waals surface area contributed by atoms with Crippen LogP contribution in [-0.2, 0) is 139 Å². The van der Waals surface area contributed by atoms with Crippen molar-refractivity contribution in [3.8, 4) is 0 Å². The molecule has 704 valence electrons. The van der Waals surface area contributed by atoms with Crippen LogP contribution < -0.4 is 65.8 Å². The molecule has 0 aromatic rings. The number of nitrogens with one attached hydrogen (secondary N) is 12. The van der Waals surface area contributed by atoms with Crippen molar-refractivity contribution in [3.63, 3.8) is 0 Å². The maximum absolute atomic E-state index is 12.7. The predicted molar refractivity (Wildman–Crippen MR) is 433 cm³/mol. The standard InChI is InChI=1S/C42H66N12O18.C31H51N11O12/c55-40-37(60-14-7-33-45-24-67-52-33)30(20-57-11-5-31-43-22-65-50-31)71-42(40,21-58-12-6-32-44-23-66-51-32)72-41-39(62-16-9-35-47-26-69-54-35)38(61-15-8-34-46-25-68-53-34)36(59-13-2-28-4-18-64-49-28)29(70-41)19-56-10-1-27-3-17-63-48-27;1(22-13-45-16-32-22)9-46-23(14-43-7-2-25-33-17-50-38-25)30(48-11-5-28-36-20-53-41-28)31(49-12-6-29-37-21-54-42-29)24(47-10-4-27-35-19-52-40-27)15-44-8-3-26-34-18-51-39-26/h3-4,29-30,36-41,48-49,55H,1-2,5-26H2,(H,43,50)(H,44,51)(H,45,52)(H,46,53)(H,47,54);23-24,30-31H,1-21H2,(H,33,38)(H,34,39)(H,35,40)(H,36,41)(H,37,42)/t29?,30-,36-,37?,38?,39?,40?,41-,42+;/m1./s1. The fourth-order valence-corrected chi connectivity index (χ4v) is 14.2. The fourth-order valence-electron chi connectivity index (χ4n) is 14.2. The first-order valence-corrected chi connectivity index (χ1v) is 42.2. The molecule has 0 amide bonds. The van der Waals surface area contributed by atoms with E-state index in [9.17, 15) is 5.11 Å². The summed E-state index contributed by atoms with van der Waals surface area (Å²) in [6.45, 7) is 7.10. The second-order valence-corrected chi connectivity index (χ2v) is 29.3. The molecule has 0 saturated carbocycles. The molecule has 9 unspecified atom stereocenters. The number of ether oxygens (including phenoxy) is 17. The molecule has 0 bridgehead atoms. The van der Waals surface area contributed by atoms with Crippen LogP contribution in [0.2, 0.25) is 0 Å². The predicted octanol–water partition coefficient (Wildman–Crippen LogP) is -3.42. The number of rotatable bonds is 62. The number of aliphatic imine (C=N–C) groups is 11. The Bertz CT molecular complexity index is 3650. The molecular formula is C73H117N23O30. The summed E-state index contributed by atoms with van der Waals surface area (Å²) < 4.78 is 111. The largest absolute Gasteiger partial charge is 0.385 e. The fraction of sp³-hybridized carbons (Fsp3) is 0.795. The van der Waals surface area contributed by atoms with E-state index in [0.29, 0.717) is 195 Å². The molecule has 53 heteroatoms. The summed E-state index contributed by atoms with van der Waals surface area (Å²) in [5.74, 6) is 4.51. The zero-order chi connectivity index (χ0) is 85.9. The zero-order valence-corrected chi connectivity index (χ0v) is 70.1. The molecule has 13 N–H and O–H groups in total. The first-order valence-electron chi connectivity index (χ1n) is 42.2. The molecule has 13 atom stereocenters. The third-order valence-electron chi connectivity index (χ3n) is 20.6. The molecule has 2 fully saturated rings. The Hall–Kier alpha value is -7.75. The minimum absolute atomic E-state index is 0.0175. The van der Waals surface area contributed by atoms with E-state index in [1.54, 1.807) is 0 Å². The number of amidine groups is 10. The summed E-state index contributed by atoms with van der Waals surface area (Å²) in [5.41, 5.74) is 36.6. The van der Waals surface area contributed by atoms with Gasteiger partial charge in [0.05, 0.1) is 132 Å². The van der Waals surface area contributed by atoms with Crippen molar-refractivity contribution in [2.24, 2.45) is 54.9 Å². The second-order valence-electron chi connectivity index (χ2n) is 29.3. The van der Waals surface area contributed by atoms with Crippen molar-refractivity contribution in [1.82, 2.24) is 65.8 Å². The van der Waals surface area contributed by atoms with Gasteiger partial charge in [0.2, 0.25) is 5.79 Å². The third kappa shape index (κ3) is 31.0. The maximum Gasteiger partial charge on any atom is 0.224 e. The highest BCUT2D eigenvalue weighted by molar-refractivity contribution is 5.87. The van der Waals surface area contributed by atoms with Crippen molar-refractivity contribution in [2.75, 3.05) is 213 Å². The van der Waals surface area contributed by atoms with Gasteiger partial charge in [-0.25, -0.2) is 49.9 Å². The lowest BCUT2D eigenvalue weighted by Crippen LogP contribution is -2.65. The quantitative estimate of drug-likeness (QED) is 0.0264. The lowest BCUT2D eigenvalue weighted by atomic mass is 9.97. The van der Waals surface area contributed by atoms with E-state index in [2.05, 4.69) is 121 Å². The molecule has 2 saturated heterocycles. The molecule has 0 aliphatic carbocycles. The Kier molecular flexibility index (Phi) is 40.0. The van der Waals surface area contributed by atoms with E-state index in [1.165, 1.54) is 0 Å². The molecule has 15 aliphatic heterocycles. The number of aliphatic hydroxyl groups excluding tert-OH is 1. The van der Waals surface area contributed by atoms with Crippen LogP contribution in [0.3, 0.4) is 0 Å². The van der Waals surface area contributed by atoms with Gasteiger partial charge in [-0.1, -0.05) is 0 Å². The van der Waals surface area contributed by atoms with Crippen LogP contribution in [0.15, 0.2) is 78.5 Å². The molecular weight excluding hydrogens is 1680 g/mol. The number of hydrogen-bond donors (Lipinski definition) is 13. The zero-order valence-electron chi connectivity index (χ0n) is 70.1. The first kappa shape index (κ1) is 94.4. The second kappa shape index (κ2) is 53.4. The molecule has 0 radical (unpaired) electrons. The lowest BCUT2D eigenvalue weighted by Gasteiger charge is -2.48. The topological polar surface area (TPSA) is 568 Å². The summed E-state index contributed by atoms with van der Waals surface area (Å²) in [4.78, 5) is 110. The Labute approximate surface area is 725 Å². The van der Waals surface area contributed by atoms with E-state index in [1.807, 2.05) is 12.2 Å². The average molecular weight is 1800 g/mol. The number of hydroxylamine groups is 12. The summed E-state index contributed by atoms with van der Waals surface area (Å²) in [6.07, 6.45) is -1.20. The number of aliphatic hydroxyl groups is 1. The first-order chi connectivity index (χ1) is 62.4. The van der Waals surface area contributed by atoms with Gasteiger partial charge in [0.15, 0.2) is 73.6 Å². The SMILES string of the molecule is C(CC1=NCON1)OCC(OCCC1=NCOC1)C(OCCC1=NCON1)C(OCCC1=NCON1)C(COCCC1=NCON1)OCCC1=NCON1.OC1C(OCCC2=NCON2)[C@@H](COCCC2=NCON2)O[C@@]1(COCCC1=NCON1)O[C@H]1OC(COCCC2=CCON2)[C@@H](OCCC2=CCON2)C(OCCC2=NCON2)C1OCCC1=NCON1. The minimum Gasteiger partial charge on any atom is -0.385 e. The van der Waals surface area contributed by atoms with E-state index in [-0.39, 0.29) is 160 Å². The molecule has 0 aromatic heterocycles.